The van der Waals surface area contributed by atoms with Crippen molar-refractivity contribution in [2.24, 2.45) is 5.73 Å². The summed E-state index contributed by atoms with van der Waals surface area (Å²) in [5.41, 5.74) is 5.84. The third-order valence-corrected chi connectivity index (χ3v) is 3.10. The Labute approximate surface area is 93.0 Å². The highest BCUT2D eigenvalue weighted by Gasteiger charge is 2.44. The Balaban J connectivity index is 1.89. The summed E-state index contributed by atoms with van der Waals surface area (Å²) in [5, 5.41) is 0. The second-order valence-corrected chi connectivity index (χ2v) is 4.28. The van der Waals surface area contributed by atoms with Gasteiger partial charge in [-0.05, 0) is 6.42 Å². The molecule has 4 nitrogen and oxygen atoms in total. The Morgan fingerprint density at radius 2 is 2.06 bits per heavy atom. The fourth-order valence-electron chi connectivity index (χ4n) is 2.27. The molecule has 2 unspecified atom stereocenters. The topological polar surface area (TPSA) is 53.7 Å². The van der Waals surface area contributed by atoms with Crippen LogP contribution in [0.5, 0.6) is 0 Å². The molecule has 2 N–H and O–H groups in total. The summed E-state index contributed by atoms with van der Waals surface area (Å²) in [7, 11) is 0. The van der Waals surface area contributed by atoms with Gasteiger partial charge in [0.05, 0.1) is 19.3 Å². The van der Waals surface area contributed by atoms with Crippen LogP contribution < -0.4 is 5.73 Å². The van der Waals surface area contributed by atoms with E-state index in [0.29, 0.717) is 32.5 Å². The average molecular weight is 237 g/mol. The number of nitrogens with two attached hydrogens (primary N) is 1. The SMILES string of the molecule is NC1CCC2(CC1OCC(F)F)OCCO2. The average Bonchev–Trinajstić information content (AvgIpc) is 2.68. The van der Waals surface area contributed by atoms with Gasteiger partial charge < -0.3 is 19.9 Å². The Morgan fingerprint density at radius 3 is 2.69 bits per heavy atom. The lowest BCUT2D eigenvalue weighted by Gasteiger charge is -2.39. The maximum absolute atomic E-state index is 12.1. The Kier molecular flexibility index (Phi) is 3.73. The van der Waals surface area contributed by atoms with Crippen LogP contribution in [0.1, 0.15) is 19.3 Å². The van der Waals surface area contributed by atoms with Crippen LogP contribution in [0.4, 0.5) is 8.78 Å². The number of rotatable bonds is 3. The molecule has 2 atom stereocenters. The highest BCUT2D eigenvalue weighted by atomic mass is 19.3. The molecule has 0 bridgehead atoms. The van der Waals surface area contributed by atoms with Gasteiger partial charge in [0, 0.05) is 18.9 Å². The third kappa shape index (κ3) is 2.68. The molecular weight excluding hydrogens is 220 g/mol. The van der Waals surface area contributed by atoms with Crippen molar-refractivity contribution in [2.75, 3.05) is 19.8 Å². The van der Waals surface area contributed by atoms with Crippen molar-refractivity contribution in [1.29, 1.82) is 0 Å². The van der Waals surface area contributed by atoms with Crippen molar-refractivity contribution in [2.45, 2.75) is 43.6 Å². The van der Waals surface area contributed by atoms with E-state index in [1.165, 1.54) is 0 Å². The summed E-state index contributed by atoms with van der Waals surface area (Å²) in [6.07, 6.45) is -1.03. The molecule has 1 saturated carbocycles. The molecule has 2 aliphatic rings. The molecule has 0 aromatic carbocycles. The predicted molar refractivity (Wildman–Crippen MR) is 52.2 cm³/mol. The molecule has 0 radical (unpaired) electrons. The summed E-state index contributed by atoms with van der Waals surface area (Å²) in [5.74, 6) is -0.636. The lowest BCUT2D eigenvalue weighted by Crippen LogP contribution is -2.50. The summed E-state index contributed by atoms with van der Waals surface area (Å²) < 4.78 is 40.3. The molecule has 0 aromatic heterocycles. The monoisotopic (exact) mass is 237 g/mol. The van der Waals surface area contributed by atoms with Crippen LogP contribution in [-0.2, 0) is 14.2 Å². The van der Waals surface area contributed by atoms with Crippen molar-refractivity contribution >= 4 is 0 Å². The molecule has 6 heteroatoms. The van der Waals surface area contributed by atoms with E-state index in [-0.39, 0.29) is 6.04 Å². The van der Waals surface area contributed by atoms with Crippen LogP contribution in [0.25, 0.3) is 0 Å². The smallest absolute Gasteiger partial charge is 0.261 e. The van der Waals surface area contributed by atoms with Gasteiger partial charge in [-0.25, -0.2) is 8.78 Å². The third-order valence-electron chi connectivity index (χ3n) is 3.10. The number of hydrogen-bond donors (Lipinski definition) is 1. The van der Waals surface area contributed by atoms with E-state index in [2.05, 4.69) is 0 Å². The Bertz CT molecular complexity index is 234. The van der Waals surface area contributed by atoms with Gasteiger partial charge in [0.15, 0.2) is 5.79 Å². The van der Waals surface area contributed by atoms with Crippen molar-refractivity contribution in [3.8, 4) is 0 Å². The normalized spacial score (nSPS) is 33.8. The van der Waals surface area contributed by atoms with E-state index in [1.54, 1.807) is 0 Å². The van der Waals surface area contributed by atoms with E-state index < -0.39 is 24.9 Å². The second kappa shape index (κ2) is 4.91. The Hall–Kier alpha value is -0.300. The van der Waals surface area contributed by atoms with Gasteiger partial charge in [-0.15, -0.1) is 0 Å². The second-order valence-electron chi connectivity index (χ2n) is 4.28. The molecule has 2 rings (SSSR count). The zero-order valence-corrected chi connectivity index (χ0v) is 9.03. The predicted octanol–water partition coefficient (Wildman–Crippen LogP) is 0.891. The number of hydrogen-bond acceptors (Lipinski definition) is 4. The Morgan fingerprint density at radius 1 is 1.38 bits per heavy atom. The standard InChI is InChI=1S/C10H17F2NO3/c11-9(12)6-14-8-5-10(2-1-7(8)13)15-3-4-16-10/h7-9H,1-6,13H2. The van der Waals surface area contributed by atoms with Gasteiger partial charge in [-0.1, -0.05) is 0 Å². The molecule has 0 amide bonds. The lowest BCUT2D eigenvalue weighted by atomic mass is 9.88. The zero-order chi connectivity index (χ0) is 11.6. The minimum Gasteiger partial charge on any atom is -0.370 e. The minimum atomic E-state index is -2.46. The van der Waals surface area contributed by atoms with E-state index in [4.69, 9.17) is 19.9 Å². The van der Waals surface area contributed by atoms with Gasteiger partial charge >= 0.3 is 0 Å². The first-order valence-corrected chi connectivity index (χ1v) is 5.54. The maximum atomic E-state index is 12.1. The van der Waals surface area contributed by atoms with E-state index in [0.717, 1.165) is 0 Å². The van der Waals surface area contributed by atoms with Crippen molar-refractivity contribution in [1.82, 2.24) is 0 Å². The molecule has 1 heterocycles. The van der Waals surface area contributed by atoms with E-state index in [9.17, 15) is 8.78 Å². The van der Waals surface area contributed by atoms with Crippen molar-refractivity contribution in [3.63, 3.8) is 0 Å². The molecule has 1 aliphatic heterocycles. The number of halogens is 2. The quantitative estimate of drug-likeness (QED) is 0.792. The molecule has 0 aromatic rings. The van der Waals surface area contributed by atoms with Crippen molar-refractivity contribution < 1.29 is 23.0 Å². The van der Waals surface area contributed by atoms with Gasteiger partial charge in [0.1, 0.15) is 6.61 Å². The number of alkyl halides is 2. The molecule has 2 fully saturated rings. The fourth-order valence-corrected chi connectivity index (χ4v) is 2.27. The fraction of sp³-hybridized carbons (Fsp3) is 1.00. The summed E-state index contributed by atoms with van der Waals surface area (Å²) in [6.45, 7) is 0.530. The summed E-state index contributed by atoms with van der Waals surface area (Å²) in [6, 6.07) is -0.211. The van der Waals surface area contributed by atoms with Gasteiger partial charge in [-0.3, -0.25) is 0 Å². The first-order valence-electron chi connectivity index (χ1n) is 5.54. The number of ether oxygens (including phenoxy) is 3. The van der Waals surface area contributed by atoms with Crippen LogP contribution in [-0.4, -0.2) is 44.2 Å². The zero-order valence-electron chi connectivity index (χ0n) is 9.03. The minimum absolute atomic E-state index is 0.211. The van der Waals surface area contributed by atoms with Gasteiger partial charge in [0.25, 0.3) is 6.43 Å². The van der Waals surface area contributed by atoms with Crippen LogP contribution in [0.3, 0.4) is 0 Å². The van der Waals surface area contributed by atoms with Crippen LogP contribution in [0.2, 0.25) is 0 Å². The molecule has 1 spiro atoms. The molecule has 16 heavy (non-hydrogen) atoms. The van der Waals surface area contributed by atoms with Gasteiger partial charge in [-0.2, -0.15) is 0 Å². The van der Waals surface area contributed by atoms with E-state index in [1.807, 2.05) is 0 Å². The highest BCUT2D eigenvalue weighted by molar-refractivity contribution is 4.90. The van der Waals surface area contributed by atoms with Crippen LogP contribution in [0, 0.1) is 0 Å². The summed E-state index contributed by atoms with van der Waals surface area (Å²) >= 11 is 0. The van der Waals surface area contributed by atoms with Crippen LogP contribution >= 0.6 is 0 Å². The maximum Gasteiger partial charge on any atom is 0.261 e. The van der Waals surface area contributed by atoms with E-state index >= 15 is 0 Å². The molecule has 1 saturated heterocycles. The van der Waals surface area contributed by atoms with Crippen molar-refractivity contribution in [3.05, 3.63) is 0 Å². The largest absolute Gasteiger partial charge is 0.370 e. The molecular formula is C10H17F2NO3. The summed E-state index contributed by atoms with van der Waals surface area (Å²) in [4.78, 5) is 0. The molecule has 1 aliphatic carbocycles. The first-order chi connectivity index (χ1) is 7.61. The van der Waals surface area contributed by atoms with Crippen LogP contribution in [0.15, 0.2) is 0 Å². The molecule has 94 valence electrons. The van der Waals surface area contributed by atoms with Gasteiger partial charge in [0.2, 0.25) is 0 Å². The first kappa shape index (κ1) is 12.2. The lowest BCUT2D eigenvalue weighted by molar-refractivity contribution is -0.208. The highest BCUT2D eigenvalue weighted by Crippen LogP contribution is 2.36.